The number of sulfonamides is 1. The van der Waals surface area contributed by atoms with Crippen LogP contribution >= 0.6 is 0 Å². The quantitative estimate of drug-likeness (QED) is 0.317. The highest BCUT2D eigenvalue weighted by Crippen LogP contribution is 2.32. The van der Waals surface area contributed by atoms with Crippen molar-refractivity contribution in [1.29, 1.82) is 0 Å². The van der Waals surface area contributed by atoms with Gasteiger partial charge in [-0.1, -0.05) is 67.1 Å². The summed E-state index contributed by atoms with van der Waals surface area (Å²) in [6, 6.07) is 21.5. The van der Waals surface area contributed by atoms with Crippen LogP contribution in [0.1, 0.15) is 45.2 Å². The van der Waals surface area contributed by atoms with Gasteiger partial charge in [0.15, 0.2) is 0 Å². The lowest BCUT2D eigenvalue weighted by molar-refractivity contribution is -0.139. The Morgan fingerprint density at radius 3 is 2.15 bits per heavy atom. The van der Waals surface area contributed by atoms with E-state index in [0.717, 1.165) is 21.9 Å². The summed E-state index contributed by atoms with van der Waals surface area (Å²) in [5.41, 5.74) is 2.14. The molecule has 40 heavy (non-hydrogen) atoms. The van der Waals surface area contributed by atoms with Gasteiger partial charge in [0.1, 0.15) is 18.3 Å². The zero-order chi connectivity index (χ0) is 29.3. The molecule has 0 radical (unpaired) electrons. The molecular formula is C31H39N3O5S. The molecule has 0 aliphatic carbocycles. The van der Waals surface area contributed by atoms with Gasteiger partial charge in [-0.05, 0) is 63.9 Å². The predicted octanol–water partition coefficient (Wildman–Crippen LogP) is 4.92. The number of hydrogen-bond donors (Lipinski definition) is 1. The Hall–Kier alpha value is -3.85. The number of para-hydroxylation sites is 2. The van der Waals surface area contributed by atoms with Gasteiger partial charge in [0, 0.05) is 12.6 Å². The average molecular weight is 566 g/mol. The fraction of sp³-hybridized carbons (Fsp3) is 0.355. The van der Waals surface area contributed by atoms with Crippen LogP contribution in [0, 0.1) is 6.92 Å². The van der Waals surface area contributed by atoms with Crippen molar-refractivity contribution in [3.05, 3.63) is 90.0 Å². The molecular weight excluding hydrogens is 526 g/mol. The van der Waals surface area contributed by atoms with Crippen LogP contribution < -0.4 is 14.4 Å². The van der Waals surface area contributed by atoms with Crippen molar-refractivity contribution >= 4 is 27.5 Å². The summed E-state index contributed by atoms with van der Waals surface area (Å²) < 4.78 is 34.7. The van der Waals surface area contributed by atoms with Crippen molar-refractivity contribution < 1.29 is 22.7 Å². The topological polar surface area (TPSA) is 96.0 Å². The zero-order valence-corrected chi connectivity index (χ0v) is 24.6. The maximum atomic E-state index is 14.0. The fourth-order valence-corrected chi connectivity index (χ4v) is 5.56. The first kappa shape index (κ1) is 30.7. The van der Waals surface area contributed by atoms with Crippen molar-refractivity contribution in [2.75, 3.05) is 17.5 Å². The van der Waals surface area contributed by atoms with Gasteiger partial charge in [-0.15, -0.1) is 0 Å². The molecule has 0 unspecified atom stereocenters. The second kappa shape index (κ2) is 14.0. The van der Waals surface area contributed by atoms with E-state index >= 15 is 0 Å². The number of ether oxygens (including phenoxy) is 1. The molecule has 0 bridgehead atoms. The average Bonchev–Trinajstić information content (AvgIpc) is 2.96. The third kappa shape index (κ3) is 7.63. The Labute approximate surface area is 238 Å². The zero-order valence-electron chi connectivity index (χ0n) is 23.8. The molecule has 214 valence electrons. The summed E-state index contributed by atoms with van der Waals surface area (Å²) in [5, 5.41) is 2.94. The molecule has 1 N–H and O–H groups in total. The maximum Gasteiger partial charge on any atom is 0.264 e. The van der Waals surface area contributed by atoms with Gasteiger partial charge in [0.25, 0.3) is 10.0 Å². The number of carbonyl (C=O) groups excluding carboxylic acids is 2. The number of hydrogen-bond acceptors (Lipinski definition) is 5. The third-order valence-corrected chi connectivity index (χ3v) is 8.46. The van der Waals surface area contributed by atoms with Crippen LogP contribution in [0.2, 0.25) is 0 Å². The van der Waals surface area contributed by atoms with Crippen LogP contribution in [0.15, 0.2) is 83.8 Å². The summed E-state index contributed by atoms with van der Waals surface area (Å²) in [6.45, 7) is 9.23. The van der Waals surface area contributed by atoms with Crippen LogP contribution in [0.4, 0.5) is 5.69 Å². The monoisotopic (exact) mass is 565 g/mol. The van der Waals surface area contributed by atoms with Gasteiger partial charge < -0.3 is 15.0 Å². The minimum atomic E-state index is -4.17. The molecule has 0 saturated carbocycles. The largest absolute Gasteiger partial charge is 0.492 e. The lowest BCUT2D eigenvalue weighted by Gasteiger charge is -2.33. The normalized spacial score (nSPS) is 12.7. The van der Waals surface area contributed by atoms with Crippen LogP contribution in [-0.4, -0.2) is 50.4 Å². The summed E-state index contributed by atoms with van der Waals surface area (Å²) in [5.74, 6) is -0.481. The first-order valence-corrected chi connectivity index (χ1v) is 15.0. The molecule has 0 aromatic heterocycles. The highest BCUT2D eigenvalue weighted by Gasteiger charge is 2.33. The molecule has 0 saturated heterocycles. The predicted molar refractivity (Wildman–Crippen MR) is 158 cm³/mol. The Morgan fingerprint density at radius 2 is 1.52 bits per heavy atom. The third-order valence-electron chi connectivity index (χ3n) is 6.69. The molecule has 3 aromatic carbocycles. The Kier molecular flexibility index (Phi) is 10.7. The number of benzene rings is 3. The number of carbonyl (C=O) groups is 2. The molecule has 3 rings (SSSR count). The minimum absolute atomic E-state index is 0.0433. The van der Waals surface area contributed by atoms with Gasteiger partial charge in [-0.25, -0.2) is 8.42 Å². The first-order chi connectivity index (χ1) is 19.1. The molecule has 2 atom stereocenters. The summed E-state index contributed by atoms with van der Waals surface area (Å²) in [4.78, 5) is 28.7. The van der Waals surface area contributed by atoms with Gasteiger partial charge in [-0.2, -0.15) is 0 Å². The maximum absolute atomic E-state index is 14.0. The second-order valence-electron chi connectivity index (χ2n) is 9.73. The SMILES string of the molecule is CCOc1ccccc1N(CC(=O)N(Cc1ccc(C)cc1)[C@@H](C)C(=O)N[C@@H](C)CC)S(=O)(=O)c1ccccc1. The smallest absolute Gasteiger partial charge is 0.264 e. The number of rotatable bonds is 13. The van der Waals surface area contributed by atoms with E-state index < -0.39 is 28.5 Å². The van der Waals surface area contributed by atoms with Crippen LogP contribution in [0.3, 0.4) is 0 Å². The molecule has 0 aliphatic heterocycles. The van der Waals surface area contributed by atoms with E-state index in [1.54, 1.807) is 56.3 Å². The highest BCUT2D eigenvalue weighted by molar-refractivity contribution is 7.92. The number of aryl methyl sites for hydroxylation is 1. The first-order valence-electron chi connectivity index (χ1n) is 13.5. The van der Waals surface area contributed by atoms with E-state index in [-0.39, 0.29) is 29.1 Å². The summed E-state index contributed by atoms with van der Waals surface area (Å²) >= 11 is 0. The summed E-state index contributed by atoms with van der Waals surface area (Å²) in [6.07, 6.45) is 0.738. The molecule has 0 fully saturated rings. The van der Waals surface area contributed by atoms with E-state index in [1.807, 2.05) is 45.0 Å². The molecule has 2 amide bonds. The van der Waals surface area contributed by atoms with E-state index in [9.17, 15) is 18.0 Å². The molecule has 0 spiro atoms. The van der Waals surface area contributed by atoms with Crippen molar-refractivity contribution in [2.24, 2.45) is 0 Å². The van der Waals surface area contributed by atoms with Gasteiger partial charge in [0.2, 0.25) is 11.8 Å². The molecule has 0 heterocycles. The lowest BCUT2D eigenvalue weighted by Crippen LogP contribution is -2.52. The second-order valence-corrected chi connectivity index (χ2v) is 11.6. The Balaban J connectivity index is 2.06. The van der Waals surface area contributed by atoms with E-state index in [0.29, 0.717) is 12.4 Å². The van der Waals surface area contributed by atoms with Crippen LogP contribution in [0.25, 0.3) is 0 Å². The minimum Gasteiger partial charge on any atom is -0.492 e. The number of anilines is 1. The van der Waals surface area contributed by atoms with Gasteiger partial charge in [-0.3, -0.25) is 13.9 Å². The molecule has 9 heteroatoms. The van der Waals surface area contributed by atoms with E-state index in [4.69, 9.17) is 4.74 Å². The molecule has 0 aliphatic rings. The number of nitrogens with one attached hydrogen (secondary N) is 1. The van der Waals surface area contributed by atoms with Crippen molar-refractivity contribution in [2.45, 2.75) is 64.6 Å². The van der Waals surface area contributed by atoms with Gasteiger partial charge in [0.05, 0.1) is 17.2 Å². The van der Waals surface area contributed by atoms with Crippen molar-refractivity contribution in [1.82, 2.24) is 10.2 Å². The Morgan fingerprint density at radius 1 is 0.900 bits per heavy atom. The standard InChI is InChI=1S/C31H39N3O5S/c1-6-24(4)32-31(36)25(5)33(21-26-19-17-23(3)18-20-26)30(35)22-34(28-15-11-12-16-29(28)39-7-2)40(37,38)27-13-9-8-10-14-27/h8-20,24-25H,6-7,21-22H2,1-5H3,(H,32,36)/t24-,25-/m0/s1. The summed E-state index contributed by atoms with van der Waals surface area (Å²) in [7, 11) is -4.17. The number of nitrogens with zero attached hydrogens (tertiary/aromatic N) is 2. The van der Waals surface area contributed by atoms with E-state index in [1.165, 1.54) is 17.0 Å². The van der Waals surface area contributed by atoms with Gasteiger partial charge >= 0.3 is 0 Å². The fourth-order valence-electron chi connectivity index (χ4n) is 4.11. The van der Waals surface area contributed by atoms with Crippen molar-refractivity contribution in [3.8, 4) is 5.75 Å². The highest BCUT2D eigenvalue weighted by atomic mass is 32.2. The lowest BCUT2D eigenvalue weighted by atomic mass is 10.1. The number of amides is 2. The molecule has 8 nitrogen and oxygen atoms in total. The Bertz CT molecular complexity index is 1380. The van der Waals surface area contributed by atoms with E-state index in [2.05, 4.69) is 5.32 Å². The van der Waals surface area contributed by atoms with Crippen LogP contribution in [0.5, 0.6) is 5.75 Å². The molecule has 3 aromatic rings. The van der Waals surface area contributed by atoms with Crippen molar-refractivity contribution in [3.63, 3.8) is 0 Å². The van der Waals surface area contributed by atoms with Crippen LogP contribution in [-0.2, 0) is 26.2 Å².